The Hall–Kier alpha value is -2.73. The number of nitrogens with zero attached hydrogens (tertiary/aromatic N) is 2. The number of piperidine rings is 1. The number of rotatable bonds is 7. The fourth-order valence-corrected chi connectivity index (χ4v) is 6.43. The Labute approximate surface area is 209 Å². The molecule has 3 heterocycles. The van der Waals surface area contributed by atoms with Gasteiger partial charge >= 0.3 is 0 Å². The van der Waals surface area contributed by atoms with Crippen LogP contribution in [0.15, 0.2) is 29.3 Å². The summed E-state index contributed by atoms with van der Waals surface area (Å²) in [5.41, 5.74) is 6.59. The van der Waals surface area contributed by atoms with Gasteiger partial charge in [0.05, 0.1) is 28.4 Å². The summed E-state index contributed by atoms with van der Waals surface area (Å²) in [6, 6.07) is 9.10. The van der Waals surface area contributed by atoms with Crippen molar-refractivity contribution in [1.29, 1.82) is 0 Å². The zero-order chi connectivity index (χ0) is 24.5. The lowest BCUT2D eigenvalue weighted by Gasteiger charge is -2.47. The molecule has 3 atom stereocenters. The van der Waals surface area contributed by atoms with E-state index in [1.54, 1.807) is 28.4 Å². The average molecular weight is 479 g/mol. The molecular formula is C29H38N2O4. The molecular weight excluding hydrogens is 440 g/mol. The summed E-state index contributed by atoms with van der Waals surface area (Å²) in [6.07, 6.45) is 5.36. The molecule has 6 heteroatoms. The Morgan fingerprint density at radius 2 is 1.49 bits per heavy atom. The number of aliphatic imine (C=N–C) groups is 1. The van der Waals surface area contributed by atoms with Gasteiger partial charge in [-0.2, -0.15) is 0 Å². The zero-order valence-corrected chi connectivity index (χ0v) is 21.7. The molecule has 0 saturated carbocycles. The number of benzene rings is 2. The van der Waals surface area contributed by atoms with Gasteiger partial charge in [-0.1, -0.05) is 13.3 Å². The van der Waals surface area contributed by atoms with Crippen molar-refractivity contribution in [3.8, 4) is 23.0 Å². The van der Waals surface area contributed by atoms with E-state index >= 15 is 0 Å². The normalized spacial score (nSPS) is 23.5. The number of hydrogen-bond donors (Lipinski definition) is 0. The molecule has 3 aliphatic rings. The minimum atomic E-state index is 0.417. The summed E-state index contributed by atoms with van der Waals surface area (Å²) in [7, 11) is 6.85. The number of hydrogen-bond acceptors (Lipinski definition) is 6. The van der Waals surface area contributed by atoms with Crippen LogP contribution in [-0.4, -0.2) is 58.7 Å². The summed E-state index contributed by atoms with van der Waals surface area (Å²) in [4.78, 5) is 7.73. The van der Waals surface area contributed by atoms with Gasteiger partial charge in [-0.15, -0.1) is 0 Å². The van der Waals surface area contributed by atoms with E-state index in [2.05, 4.69) is 36.1 Å². The van der Waals surface area contributed by atoms with Gasteiger partial charge in [0.15, 0.2) is 23.0 Å². The van der Waals surface area contributed by atoms with Crippen LogP contribution >= 0.6 is 0 Å². The Kier molecular flexibility index (Phi) is 6.92. The Bertz CT molecular complexity index is 1110. The van der Waals surface area contributed by atoms with Crippen molar-refractivity contribution in [3.63, 3.8) is 0 Å². The second kappa shape index (κ2) is 10.1. The third kappa shape index (κ3) is 4.37. The molecule has 5 rings (SSSR count). The molecule has 0 unspecified atom stereocenters. The molecule has 1 saturated heterocycles. The number of methoxy groups -OCH3 is 4. The smallest absolute Gasteiger partial charge is 0.161 e. The average Bonchev–Trinajstić information content (AvgIpc) is 2.91. The summed E-state index contributed by atoms with van der Waals surface area (Å²) < 4.78 is 22.4. The molecule has 0 aromatic heterocycles. The summed E-state index contributed by atoms with van der Waals surface area (Å²) in [5.74, 6) is 4.49. The number of fused-ring (bicyclic) bond motifs is 4. The highest BCUT2D eigenvalue weighted by Gasteiger charge is 2.39. The van der Waals surface area contributed by atoms with E-state index in [-0.39, 0.29) is 0 Å². The Balaban J connectivity index is 1.44. The van der Waals surface area contributed by atoms with Crippen molar-refractivity contribution in [1.82, 2.24) is 4.90 Å². The molecule has 35 heavy (non-hydrogen) atoms. The maximum Gasteiger partial charge on any atom is 0.161 e. The highest BCUT2D eigenvalue weighted by atomic mass is 16.5. The molecule has 1 fully saturated rings. The van der Waals surface area contributed by atoms with E-state index in [9.17, 15) is 0 Å². The van der Waals surface area contributed by atoms with Crippen molar-refractivity contribution in [2.75, 3.05) is 48.1 Å². The van der Waals surface area contributed by atoms with Crippen LogP contribution in [0.1, 0.15) is 54.5 Å². The largest absolute Gasteiger partial charge is 0.493 e. The van der Waals surface area contributed by atoms with Crippen LogP contribution in [-0.2, 0) is 12.8 Å². The van der Waals surface area contributed by atoms with Gasteiger partial charge in [0.1, 0.15) is 0 Å². The topological polar surface area (TPSA) is 52.5 Å². The van der Waals surface area contributed by atoms with E-state index in [0.717, 1.165) is 68.3 Å². The maximum absolute atomic E-state index is 5.67. The van der Waals surface area contributed by atoms with Gasteiger partial charge in [0.2, 0.25) is 0 Å². The molecule has 0 aliphatic carbocycles. The third-order valence-corrected chi connectivity index (χ3v) is 8.36. The van der Waals surface area contributed by atoms with Crippen LogP contribution in [0.5, 0.6) is 23.0 Å². The minimum absolute atomic E-state index is 0.417. The van der Waals surface area contributed by atoms with E-state index in [4.69, 9.17) is 23.9 Å². The summed E-state index contributed by atoms with van der Waals surface area (Å²) in [5, 5.41) is 0. The minimum Gasteiger partial charge on any atom is -0.493 e. The van der Waals surface area contributed by atoms with Crippen LogP contribution in [0.25, 0.3) is 0 Å². The Morgan fingerprint density at radius 1 is 0.829 bits per heavy atom. The molecule has 0 radical (unpaired) electrons. The molecule has 0 bridgehead atoms. The highest BCUT2D eigenvalue weighted by molar-refractivity contribution is 6.03. The molecule has 2 aromatic rings. The van der Waals surface area contributed by atoms with E-state index in [1.165, 1.54) is 34.4 Å². The molecule has 3 aliphatic heterocycles. The molecule has 2 aromatic carbocycles. The second-order valence-corrected chi connectivity index (χ2v) is 9.98. The van der Waals surface area contributed by atoms with Crippen LogP contribution in [0.2, 0.25) is 0 Å². The van der Waals surface area contributed by atoms with Crippen LogP contribution in [0.4, 0.5) is 0 Å². The van der Waals surface area contributed by atoms with Crippen LogP contribution in [0, 0.1) is 11.8 Å². The first kappa shape index (κ1) is 24.0. The molecule has 6 nitrogen and oxygen atoms in total. The van der Waals surface area contributed by atoms with E-state index in [1.807, 2.05) is 0 Å². The summed E-state index contributed by atoms with van der Waals surface area (Å²) in [6.45, 7) is 5.44. The fraction of sp³-hybridized carbons (Fsp3) is 0.552. The molecule has 0 spiro atoms. The lowest BCUT2D eigenvalue weighted by atomic mass is 9.73. The first-order valence-corrected chi connectivity index (χ1v) is 12.9. The SMILES string of the molecule is CC[C@H]1CN2CCc3cc(OC)c(OC)cc3[C@@H]2C[C@@H]1CC1=NCCc2cc(OC)c(OC)cc21. The van der Waals surface area contributed by atoms with Crippen molar-refractivity contribution in [2.24, 2.45) is 16.8 Å². The van der Waals surface area contributed by atoms with Gasteiger partial charge in [-0.25, -0.2) is 0 Å². The van der Waals surface area contributed by atoms with Crippen LogP contribution < -0.4 is 18.9 Å². The molecule has 0 amide bonds. The highest BCUT2D eigenvalue weighted by Crippen LogP contribution is 2.46. The van der Waals surface area contributed by atoms with Crippen molar-refractivity contribution < 1.29 is 18.9 Å². The van der Waals surface area contributed by atoms with Gasteiger partial charge in [0.25, 0.3) is 0 Å². The fourth-order valence-electron chi connectivity index (χ4n) is 6.43. The van der Waals surface area contributed by atoms with Crippen molar-refractivity contribution >= 4 is 5.71 Å². The van der Waals surface area contributed by atoms with Gasteiger partial charge in [-0.3, -0.25) is 9.89 Å². The predicted molar refractivity (Wildman–Crippen MR) is 139 cm³/mol. The first-order valence-electron chi connectivity index (χ1n) is 12.9. The molecule has 0 N–H and O–H groups in total. The molecule has 188 valence electrons. The lowest BCUT2D eigenvalue weighted by Crippen LogP contribution is -2.46. The first-order chi connectivity index (χ1) is 17.1. The Morgan fingerprint density at radius 3 is 2.17 bits per heavy atom. The van der Waals surface area contributed by atoms with E-state index < -0.39 is 0 Å². The zero-order valence-electron chi connectivity index (χ0n) is 21.7. The second-order valence-electron chi connectivity index (χ2n) is 9.98. The quantitative estimate of drug-likeness (QED) is 0.554. The van der Waals surface area contributed by atoms with Crippen molar-refractivity contribution in [3.05, 3.63) is 46.5 Å². The van der Waals surface area contributed by atoms with Gasteiger partial charge in [-0.05, 0) is 78.5 Å². The monoisotopic (exact) mass is 478 g/mol. The maximum atomic E-state index is 5.67. The summed E-state index contributed by atoms with van der Waals surface area (Å²) >= 11 is 0. The third-order valence-electron chi connectivity index (χ3n) is 8.36. The van der Waals surface area contributed by atoms with Gasteiger partial charge < -0.3 is 18.9 Å². The lowest BCUT2D eigenvalue weighted by molar-refractivity contribution is 0.0546. The van der Waals surface area contributed by atoms with Gasteiger partial charge in [0, 0.05) is 37.0 Å². The van der Waals surface area contributed by atoms with Crippen molar-refractivity contribution in [2.45, 2.75) is 45.1 Å². The van der Waals surface area contributed by atoms with Crippen LogP contribution in [0.3, 0.4) is 0 Å². The standard InChI is InChI=1S/C29H38N2O4/c1-6-18-17-31-10-8-20-14-27(33-3)29(35-5)16-23(20)25(31)12-21(18)11-24-22-15-28(34-4)26(32-2)13-19(22)7-9-30-24/h13-16,18,21,25H,6-12,17H2,1-5H3/t18-,21-,25-/m0/s1. The van der Waals surface area contributed by atoms with E-state index in [0.29, 0.717) is 17.9 Å². The number of ether oxygens (including phenoxy) is 4. The predicted octanol–water partition coefficient (Wildman–Crippen LogP) is 5.10.